The highest BCUT2D eigenvalue weighted by Crippen LogP contribution is 2.38. The molecular weight excluding hydrogens is 512 g/mol. The number of rotatable bonds is 6. The SMILES string of the molecule is Cc1cc(C=CC(c2cc(Cl)cc(Cl)c2)C(F)(F)F)ccc1C(=S)NCc1ccc(Cl)nc1. The molecule has 0 saturated heterocycles. The first-order valence-electron chi connectivity index (χ1n) is 9.73. The lowest BCUT2D eigenvalue weighted by molar-refractivity contribution is -0.139. The van der Waals surface area contributed by atoms with Crippen LogP contribution in [0.15, 0.2) is 60.8 Å². The summed E-state index contributed by atoms with van der Waals surface area (Å²) in [5, 5.41) is 3.86. The predicted octanol–water partition coefficient (Wildman–Crippen LogP) is 8.17. The summed E-state index contributed by atoms with van der Waals surface area (Å²) >= 11 is 23.1. The summed E-state index contributed by atoms with van der Waals surface area (Å²) in [6.07, 6.45) is -0.315. The molecule has 1 N–H and O–H groups in total. The largest absolute Gasteiger partial charge is 0.399 e. The van der Waals surface area contributed by atoms with E-state index in [-0.39, 0.29) is 15.6 Å². The van der Waals surface area contributed by atoms with Crippen molar-refractivity contribution in [3.05, 3.63) is 104 Å². The van der Waals surface area contributed by atoms with Gasteiger partial charge in [0.2, 0.25) is 0 Å². The van der Waals surface area contributed by atoms with Gasteiger partial charge in [0.05, 0.1) is 5.92 Å². The first kappa shape index (κ1) is 25.5. The Morgan fingerprint density at radius 1 is 1.06 bits per heavy atom. The molecule has 33 heavy (non-hydrogen) atoms. The molecule has 1 heterocycles. The van der Waals surface area contributed by atoms with Crippen LogP contribution in [0.4, 0.5) is 13.2 Å². The van der Waals surface area contributed by atoms with E-state index in [1.165, 1.54) is 24.3 Å². The first-order chi connectivity index (χ1) is 15.5. The highest BCUT2D eigenvalue weighted by atomic mass is 35.5. The van der Waals surface area contributed by atoms with Crippen molar-refractivity contribution < 1.29 is 13.2 Å². The third-order valence-electron chi connectivity index (χ3n) is 4.81. The van der Waals surface area contributed by atoms with Crippen molar-refractivity contribution in [3.63, 3.8) is 0 Å². The standard InChI is InChI=1S/C24H18Cl3F3N2S/c1-14-8-15(2-5-20(14)23(33)32-13-16-4-7-22(27)31-12-16)3-6-21(24(28,29)30)17-9-18(25)11-19(26)10-17/h2-12,21H,13H2,1H3,(H,32,33). The second-order valence-corrected chi connectivity index (χ2v) is 9.00. The number of nitrogens with zero attached hydrogens (tertiary/aromatic N) is 1. The van der Waals surface area contributed by atoms with Gasteiger partial charge in [-0.3, -0.25) is 0 Å². The van der Waals surface area contributed by atoms with Crippen LogP contribution in [0.25, 0.3) is 6.08 Å². The van der Waals surface area contributed by atoms with Gasteiger partial charge in [0.15, 0.2) is 0 Å². The molecule has 9 heteroatoms. The summed E-state index contributed by atoms with van der Waals surface area (Å²) in [4.78, 5) is 4.55. The molecule has 3 aromatic rings. The lowest BCUT2D eigenvalue weighted by Crippen LogP contribution is -2.22. The quantitative estimate of drug-likeness (QED) is 0.257. The molecule has 0 aliphatic carbocycles. The number of allylic oxidation sites excluding steroid dienone is 1. The molecule has 2 nitrogen and oxygen atoms in total. The van der Waals surface area contributed by atoms with Crippen molar-refractivity contribution in [3.8, 4) is 0 Å². The van der Waals surface area contributed by atoms with E-state index in [9.17, 15) is 13.2 Å². The summed E-state index contributed by atoms with van der Waals surface area (Å²) in [6.45, 7) is 2.32. The van der Waals surface area contributed by atoms with Crippen LogP contribution in [0.5, 0.6) is 0 Å². The zero-order valence-electron chi connectivity index (χ0n) is 17.3. The number of hydrogen-bond acceptors (Lipinski definition) is 2. The molecule has 0 saturated carbocycles. The van der Waals surface area contributed by atoms with E-state index in [4.69, 9.17) is 47.0 Å². The molecule has 1 unspecified atom stereocenters. The highest BCUT2D eigenvalue weighted by molar-refractivity contribution is 7.80. The molecule has 0 amide bonds. The van der Waals surface area contributed by atoms with Crippen LogP contribution in [0.2, 0.25) is 15.2 Å². The zero-order valence-corrected chi connectivity index (χ0v) is 20.3. The van der Waals surface area contributed by atoms with Crippen LogP contribution in [-0.2, 0) is 6.54 Å². The van der Waals surface area contributed by atoms with Crippen molar-refractivity contribution in [2.24, 2.45) is 0 Å². The Hall–Kier alpha value is -2.12. The minimum atomic E-state index is -4.50. The van der Waals surface area contributed by atoms with Gasteiger partial charge >= 0.3 is 6.18 Å². The minimum absolute atomic E-state index is 0.0216. The van der Waals surface area contributed by atoms with Gasteiger partial charge in [-0.2, -0.15) is 13.2 Å². The Morgan fingerprint density at radius 2 is 1.76 bits per heavy atom. The highest BCUT2D eigenvalue weighted by Gasteiger charge is 2.39. The third-order valence-corrected chi connectivity index (χ3v) is 5.84. The summed E-state index contributed by atoms with van der Waals surface area (Å²) < 4.78 is 41.1. The average Bonchev–Trinajstić information content (AvgIpc) is 2.71. The second kappa shape index (κ2) is 10.9. The second-order valence-electron chi connectivity index (χ2n) is 7.33. The van der Waals surface area contributed by atoms with Crippen molar-refractivity contribution in [1.82, 2.24) is 10.3 Å². The number of aromatic nitrogens is 1. The molecule has 3 rings (SSSR count). The Balaban J connectivity index is 1.76. The monoisotopic (exact) mass is 528 g/mol. The fraction of sp³-hybridized carbons (Fsp3) is 0.167. The molecule has 0 fully saturated rings. The van der Waals surface area contributed by atoms with Crippen LogP contribution in [-0.4, -0.2) is 16.1 Å². The Labute approximate surface area is 210 Å². The summed E-state index contributed by atoms with van der Waals surface area (Å²) in [6, 6.07) is 12.7. The van der Waals surface area contributed by atoms with E-state index in [1.54, 1.807) is 30.5 Å². The predicted molar refractivity (Wildman–Crippen MR) is 133 cm³/mol. The van der Waals surface area contributed by atoms with Crippen molar-refractivity contribution in [2.75, 3.05) is 0 Å². The van der Waals surface area contributed by atoms with Gasteiger partial charge in [0.1, 0.15) is 10.1 Å². The third kappa shape index (κ3) is 7.18. The van der Waals surface area contributed by atoms with Gasteiger partial charge in [-0.15, -0.1) is 0 Å². The number of nitrogens with one attached hydrogen (secondary N) is 1. The molecule has 0 radical (unpaired) electrons. The number of halogens is 6. The van der Waals surface area contributed by atoms with Crippen LogP contribution >= 0.6 is 47.0 Å². The van der Waals surface area contributed by atoms with Gasteiger partial charge in [-0.1, -0.05) is 83.4 Å². The van der Waals surface area contributed by atoms with Crippen LogP contribution in [0, 0.1) is 6.92 Å². The molecule has 1 atom stereocenters. The topological polar surface area (TPSA) is 24.9 Å². The van der Waals surface area contributed by atoms with E-state index >= 15 is 0 Å². The van der Waals surface area contributed by atoms with Gasteiger partial charge in [0, 0.05) is 28.4 Å². The van der Waals surface area contributed by atoms with Crippen molar-refractivity contribution in [2.45, 2.75) is 25.6 Å². The van der Waals surface area contributed by atoms with Crippen LogP contribution < -0.4 is 5.32 Å². The molecule has 0 aliphatic rings. The van der Waals surface area contributed by atoms with Crippen molar-refractivity contribution >= 4 is 58.1 Å². The molecular formula is C24H18Cl3F3N2S. The maximum atomic E-state index is 13.7. The maximum absolute atomic E-state index is 13.7. The lowest BCUT2D eigenvalue weighted by Gasteiger charge is -2.18. The first-order valence-corrected chi connectivity index (χ1v) is 11.3. The van der Waals surface area contributed by atoms with E-state index in [1.807, 2.05) is 13.0 Å². The number of alkyl halides is 3. The summed E-state index contributed by atoms with van der Waals surface area (Å²) in [7, 11) is 0. The molecule has 2 aromatic carbocycles. The van der Waals surface area contributed by atoms with Gasteiger partial charge in [-0.25, -0.2) is 4.98 Å². The Bertz CT molecular complexity index is 1160. The number of pyridine rings is 1. The molecule has 0 aliphatic heterocycles. The molecule has 172 valence electrons. The smallest absolute Gasteiger partial charge is 0.372 e. The zero-order chi connectivity index (χ0) is 24.2. The fourth-order valence-corrected chi connectivity index (χ4v) is 4.16. The van der Waals surface area contributed by atoms with Gasteiger partial charge in [0.25, 0.3) is 0 Å². The summed E-state index contributed by atoms with van der Waals surface area (Å²) in [5.74, 6) is -1.84. The number of thiocarbonyl (C=S) groups is 1. The normalized spacial score (nSPS) is 12.7. The van der Waals surface area contributed by atoms with Gasteiger partial charge < -0.3 is 5.32 Å². The van der Waals surface area contributed by atoms with E-state index in [2.05, 4.69) is 10.3 Å². The number of benzene rings is 2. The van der Waals surface area contributed by atoms with Gasteiger partial charge in [-0.05, 0) is 53.4 Å². The average molecular weight is 530 g/mol. The van der Waals surface area contributed by atoms with Crippen molar-refractivity contribution in [1.29, 1.82) is 0 Å². The lowest BCUT2D eigenvalue weighted by atomic mass is 9.96. The maximum Gasteiger partial charge on any atom is 0.399 e. The van der Waals surface area contributed by atoms with E-state index < -0.39 is 12.1 Å². The van der Waals surface area contributed by atoms with E-state index in [0.29, 0.717) is 22.2 Å². The number of aryl methyl sites for hydroxylation is 1. The van der Waals surface area contributed by atoms with Crippen LogP contribution in [0.3, 0.4) is 0 Å². The number of hydrogen-bond donors (Lipinski definition) is 1. The molecule has 0 spiro atoms. The molecule has 0 bridgehead atoms. The Kier molecular flexibility index (Phi) is 8.40. The van der Waals surface area contributed by atoms with E-state index in [0.717, 1.165) is 22.8 Å². The Morgan fingerprint density at radius 3 is 2.33 bits per heavy atom. The molecule has 1 aromatic heterocycles. The summed E-state index contributed by atoms with van der Waals surface area (Å²) in [5.41, 5.74) is 3.13. The fourth-order valence-electron chi connectivity index (χ4n) is 3.21. The minimum Gasteiger partial charge on any atom is -0.372 e. The van der Waals surface area contributed by atoms with Crippen LogP contribution in [0.1, 0.15) is 33.7 Å².